The number of nitrogens with two attached hydrogens (primary N) is 1. The first-order valence-corrected chi connectivity index (χ1v) is 14.9. The molecule has 2 amide bonds. The van der Waals surface area contributed by atoms with Gasteiger partial charge in [0.25, 0.3) is 5.91 Å². The van der Waals surface area contributed by atoms with Gasteiger partial charge in [-0.2, -0.15) is 0 Å². The minimum atomic E-state index is -0.544. The first-order chi connectivity index (χ1) is 20.3. The van der Waals surface area contributed by atoms with Crippen LogP contribution in [-0.2, 0) is 16.1 Å². The number of hydrogen-bond donors (Lipinski definition) is 2. The zero-order valence-electron chi connectivity index (χ0n) is 23.5. The molecule has 1 fully saturated rings. The minimum absolute atomic E-state index is 0.0284. The van der Waals surface area contributed by atoms with Gasteiger partial charge in [0.2, 0.25) is 5.91 Å². The van der Waals surface area contributed by atoms with E-state index in [1.54, 1.807) is 37.4 Å². The predicted octanol–water partition coefficient (Wildman–Crippen LogP) is 5.49. The number of methoxy groups -OCH3 is 1. The molecule has 4 aromatic rings. The normalized spacial score (nSPS) is 16.1. The summed E-state index contributed by atoms with van der Waals surface area (Å²) in [5.74, 6) is 1.24. The highest BCUT2D eigenvalue weighted by Gasteiger charge is 2.29. The number of furan rings is 1. The molecule has 0 radical (unpaired) electrons. The monoisotopic (exact) mass is 611 g/mol. The van der Waals surface area contributed by atoms with E-state index in [9.17, 15) is 9.59 Å². The lowest BCUT2D eigenvalue weighted by molar-refractivity contribution is -0.132. The molecule has 3 heterocycles. The molecule has 9 nitrogen and oxygen atoms in total. The summed E-state index contributed by atoms with van der Waals surface area (Å²) in [7, 11) is 1.71. The number of likely N-dealkylation sites (tertiary alicyclic amines) is 1. The second-order valence-electron chi connectivity index (χ2n) is 10.6. The van der Waals surface area contributed by atoms with E-state index >= 15 is 0 Å². The molecule has 222 valence electrons. The number of hydrogen-bond acceptors (Lipinski definition) is 6. The molecule has 3 N–H and O–H groups in total. The molecule has 0 unspecified atom stereocenters. The summed E-state index contributed by atoms with van der Waals surface area (Å²) in [6.45, 7) is 2.88. The summed E-state index contributed by atoms with van der Waals surface area (Å²) in [5.41, 5.74) is 8.93. The fourth-order valence-corrected chi connectivity index (χ4v) is 5.83. The van der Waals surface area contributed by atoms with E-state index in [0.717, 1.165) is 42.7 Å². The van der Waals surface area contributed by atoms with Crippen molar-refractivity contribution in [2.45, 2.75) is 44.2 Å². The number of carbonyl (C=O) groups is 2. The minimum Gasteiger partial charge on any atom is -0.451 e. The molecule has 0 aliphatic carbocycles. The number of benzene rings is 2. The van der Waals surface area contributed by atoms with Crippen LogP contribution in [0.4, 0.5) is 0 Å². The fourth-order valence-electron chi connectivity index (χ4n) is 5.45. The number of nitrogens with zero attached hydrogens (tertiary/aromatic N) is 3. The molecular formula is C31H35Cl2N5O4. The molecule has 0 saturated carbocycles. The summed E-state index contributed by atoms with van der Waals surface area (Å²) in [6, 6.07) is 15.8. The van der Waals surface area contributed by atoms with Crippen LogP contribution in [0.25, 0.3) is 22.4 Å². The van der Waals surface area contributed by atoms with E-state index in [-0.39, 0.29) is 30.6 Å². The number of fused-ring (bicyclic) bond motifs is 1. The molecule has 2 aromatic carbocycles. The van der Waals surface area contributed by atoms with Crippen molar-refractivity contribution in [1.29, 1.82) is 0 Å². The molecule has 5 rings (SSSR count). The second-order valence-corrected chi connectivity index (χ2v) is 11.4. The third kappa shape index (κ3) is 6.98. The Morgan fingerprint density at radius 3 is 2.86 bits per heavy atom. The van der Waals surface area contributed by atoms with Gasteiger partial charge in [-0.3, -0.25) is 9.59 Å². The van der Waals surface area contributed by atoms with Gasteiger partial charge < -0.3 is 29.7 Å². The van der Waals surface area contributed by atoms with Crippen molar-refractivity contribution < 1.29 is 18.7 Å². The molecule has 11 heteroatoms. The number of aromatic nitrogens is 2. The lowest BCUT2D eigenvalue weighted by atomic mass is 9.96. The Morgan fingerprint density at radius 2 is 2.02 bits per heavy atom. The Hall–Kier alpha value is -3.37. The first-order valence-electron chi connectivity index (χ1n) is 14.1. The van der Waals surface area contributed by atoms with Crippen LogP contribution in [0.15, 0.2) is 59.0 Å². The van der Waals surface area contributed by atoms with Gasteiger partial charge in [-0.15, -0.1) is 0 Å². The Labute approximate surface area is 254 Å². The highest BCUT2D eigenvalue weighted by atomic mass is 35.5. The van der Waals surface area contributed by atoms with Crippen molar-refractivity contribution in [3.05, 3.63) is 76.2 Å². The van der Waals surface area contributed by atoms with E-state index in [4.69, 9.17) is 43.1 Å². The number of nitrogens with one attached hydrogen (secondary N) is 1. The highest BCUT2D eigenvalue weighted by Crippen LogP contribution is 2.32. The lowest BCUT2D eigenvalue weighted by Crippen LogP contribution is -2.45. The van der Waals surface area contributed by atoms with Gasteiger partial charge in [-0.1, -0.05) is 35.3 Å². The molecule has 1 aliphatic rings. The summed E-state index contributed by atoms with van der Waals surface area (Å²) in [6.07, 6.45) is 2.86. The van der Waals surface area contributed by atoms with Crippen LogP contribution in [0.3, 0.4) is 0 Å². The number of rotatable bonds is 11. The predicted molar refractivity (Wildman–Crippen MR) is 164 cm³/mol. The largest absolute Gasteiger partial charge is 0.451 e. The van der Waals surface area contributed by atoms with Gasteiger partial charge >= 0.3 is 0 Å². The summed E-state index contributed by atoms with van der Waals surface area (Å²) < 4.78 is 13.2. The van der Waals surface area contributed by atoms with Crippen molar-refractivity contribution in [3.63, 3.8) is 0 Å². The number of ether oxygens (including phenoxy) is 1. The molecule has 2 atom stereocenters. The lowest BCUT2D eigenvalue weighted by Gasteiger charge is -2.33. The SMILES string of the molecule is COCCCn1c([C@@H]2CCCN(C(=O)C[C@H](N)CNC(=O)c3ccc(-c4cc(Cl)ccc4Cl)o3)C2)nc2ccccc21. The summed E-state index contributed by atoms with van der Waals surface area (Å²) in [5, 5.41) is 3.74. The quantitative estimate of drug-likeness (QED) is 0.217. The number of piperidine rings is 1. The summed E-state index contributed by atoms with van der Waals surface area (Å²) in [4.78, 5) is 32.8. The molecule has 1 saturated heterocycles. The van der Waals surface area contributed by atoms with Crippen LogP contribution >= 0.6 is 23.2 Å². The molecule has 42 heavy (non-hydrogen) atoms. The van der Waals surface area contributed by atoms with Crippen LogP contribution < -0.4 is 11.1 Å². The van der Waals surface area contributed by atoms with E-state index in [1.807, 2.05) is 23.1 Å². The van der Waals surface area contributed by atoms with Crippen molar-refractivity contribution in [1.82, 2.24) is 19.8 Å². The van der Waals surface area contributed by atoms with Gasteiger partial charge in [0.1, 0.15) is 11.6 Å². The van der Waals surface area contributed by atoms with Crippen LogP contribution in [0.2, 0.25) is 10.0 Å². The fraction of sp³-hybridized carbons (Fsp3) is 0.387. The number of para-hydroxylation sites is 2. The molecule has 0 bridgehead atoms. The number of amides is 2. The van der Waals surface area contributed by atoms with Gasteiger partial charge in [-0.25, -0.2) is 4.98 Å². The van der Waals surface area contributed by atoms with E-state index in [0.29, 0.717) is 41.1 Å². The number of carbonyl (C=O) groups excluding carboxylic acids is 2. The van der Waals surface area contributed by atoms with E-state index in [1.165, 1.54) is 0 Å². The van der Waals surface area contributed by atoms with Crippen LogP contribution in [0.1, 0.15) is 48.0 Å². The second kappa shape index (κ2) is 13.7. The molecule has 1 aliphatic heterocycles. The third-order valence-corrected chi connectivity index (χ3v) is 8.10. The van der Waals surface area contributed by atoms with Crippen LogP contribution in [0, 0.1) is 0 Å². The average molecular weight is 613 g/mol. The van der Waals surface area contributed by atoms with Gasteiger partial charge in [-0.05, 0) is 61.7 Å². The molecule has 2 aromatic heterocycles. The van der Waals surface area contributed by atoms with Gasteiger partial charge in [0.15, 0.2) is 5.76 Å². The van der Waals surface area contributed by atoms with Gasteiger partial charge in [0, 0.05) is 68.9 Å². The Bertz CT molecular complexity index is 1550. The van der Waals surface area contributed by atoms with Crippen molar-refractivity contribution in [3.8, 4) is 11.3 Å². The van der Waals surface area contributed by atoms with Crippen LogP contribution in [-0.4, -0.2) is 65.7 Å². The van der Waals surface area contributed by atoms with E-state index in [2.05, 4.69) is 16.0 Å². The Balaban J connectivity index is 1.17. The summed E-state index contributed by atoms with van der Waals surface area (Å²) >= 11 is 12.3. The number of halogens is 2. The topological polar surface area (TPSA) is 116 Å². The zero-order valence-corrected chi connectivity index (χ0v) is 25.0. The van der Waals surface area contributed by atoms with Crippen LogP contribution in [0.5, 0.6) is 0 Å². The third-order valence-electron chi connectivity index (χ3n) is 7.54. The Morgan fingerprint density at radius 1 is 1.19 bits per heavy atom. The maximum atomic E-state index is 13.2. The standard InChI is InChI=1S/C31H35Cl2N5O4/c1-41-15-5-14-38-26-8-3-2-7-25(26)36-30(38)20-6-4-13-37(19-20)29(39)17-22(34)18-35-31(40)28-12-11-27(42-28)23-16-21(32)9-10-24(23)33/h2-3,7-12,16,20,22H,4-6,13-15,17-19,34H2,1H3,(H,35,40)/t20-,22+/m1/s1. The molecule has 0 spiro atoms. The van der Waals surface area contributed by atoms with Crippen molar-refractivity contribution in [2.75, 3.05) is 33.4 Å². The smallest absolute Gasteiger partial charge is 0.287 e. The number of imidazole rings is 1. The highest BCUT2D eigenvalue weighted by molar-refractivity contribution is 6.35. The Kier molecular flexibility index (Phi) is 9.84. The number of aryl methyl sites for hydroxylation is 1. The van der Waals surface area contributed by atoms with E-state index < -0.39 is 11.9 Å². The molecular weight excluding hydrogens is 577 g/mol. The maximum Gasteiger partial charge on any atom is 0.287 e. The van der Waals surface area contributed by atoms with Crippen molar-refractivity contribution >= 4 is 46.0 Å². The first kappa shape index (κ1) is 30.1. The average Bonchev–Trinajstić information content (AvgIpc) is 3.63. The zero-order chi connectivity index (χ0) is 29.6. The van der Waals surface area contributed by atoms with Crippen molar-refractivity contribution in [2.24, 2.45) is 5.73 Å². The van der Waals surface area contributed by atoms with Gasteiger partial charge in [0.05, 0.1) is 16.1 Å². The maximum absolute atomic E-state index is 13.2.